The number of rotatable bonds is 3. The molecule has 0 fully saturated rings. The molecule has 0 radical (unpaired) electrons. The number of nitrogens with two attached hydrogens (primary N) is 1. The van der Waals surface area contributed by atoms with Gasteiger partial charge in [-0.25, -0.2) is 0 Å². The van der Waals surface area contributed by atoms with Crippen LogP contribution in [0.25, 0.3) is 0 Å². The second kappa shape index (κ2) is 3.64. The minimum absolute atomic E-state index is 0.526. The summed E-state index contributed by atoms with van der Waals surface area (Å²) in [6.45, 7) is 4.68. The van der Waals surface area contributed by atoms with E-state index >= 15 is 0 Å². The Hall–Kier alpha value is -0.940. The van der Waals surface area contributed by atoms with Crippen LogP contribution in [0.3, 0.4) is 0 Å². The molecule has 1 atom stereocenters. The summed E-state index contributed by atoms with van der Waals surface area (Å²) in [4.78, 5) is 0. The maximum absolute atomic E-state index is 9.28. The fourth-order valence-electron chi connectivity index (χ4n) is 1.11. The highest BCUT2D eigenvalue weighted by molar-refractivity contribution is 4.96. The maximum Gasteiger partial charge on any atom is 0.161 e. The van der Waals surface area contributed by atoms with Crippen LogP contribution in [0.15, 0.2) is 0 Å². The van der Waals surface area contributed by atoms with Gasteiger partial charge in [-0.2, -0.15) is 0 Å². The van der Waals surface area contributed by atoms with E-state index in [1.807, 2.05) is 11.5 Å². The van der Waals surface area contributed by atoms with E-state index in [2.05, 4.69) is 10.2 Å². The Morgan fingerprint density at radius 1 is 1.58 bits per heavy atom. The molecule has 1 aromatic heterocycles. The van der Waals surface area contributed by atoms with Gasteiger partial charge in [-0.1, -0.05) is 0 Å². The molecule has 12 heavy (non-hydrogen) atoms. The van der Waals surface area contributed by atoms with Gasteiger partial charge in [0.15, 0.2) is 5.82 Å². The predicted octanol–water partition coefficient (Wildman–Crippen LogP) is -0.401. The van der Waals surface area contributed by atoms with E-state index in [1.165, 1.54) is 0 Å². The number of aliphatic hydroxyl groups excluding tert-OH is 1. The van der Waals surface area contributed by atoms with Gasteiger partial charge in [0.2, 0.25) is 0 Å². The first-order chi connectivity index (χ1) is 5.66. The van der Waals surface area contributed by atoms with Crippen molar-refractivity contribution in [1.29, 1.82) is 0 Å². The Labute approximate surface area is 71.2 Å². The third-order valence-corrected chi connectivity index (χ3v) is 1.69. The lowest BCUT2D eigenvalue weighted by Gasteiger charge is -2.07. The standard InChI is InChI=1S/C7H14N4O/c1-5(12)7-10-9-6(2)11(7)4-3-8/h5,12H,3-4,8H2,1-2H3. The van der Waals surface area contributed by atoms with Crippen molar-refractivity contribution >= 4 is 0 Å². The lowest BCUT2D eigenvalue weighted by Crippen LogP contribution is -2.15. The third kappa shape index (κ3) is 1.62. The fourth-order valence-corrected chi connectivity index (χ4v) is 1.11. The monoisotopic (exact) mass is 170 g/mol. The average Bonchev–Trinajstić information content (AvgIpc) is 2.34. The third-order valence-electron chi connectivity index (χ3n) is 1.69. The zero-order valence-electron chi connectivity index (χ0n) is 7.36. The summed E-state index contributed by atoms with van der Waals surface area (Å²) in [5.74, 6) is 1.37. The summed E-state index contributed by atoms with van der Waals surface area (Å²) < 4.78 is 1.82. The zero-order chi connectivity index (χ0) is 9.14. The van der Waals surface area contributed by atoms with Gasteiger partial charge in [0, 0.05) is 13.1 Å². The largest absolute Gasteiger partial charge is 0.385 e. The Kier molecular flexibility index (Phi) is 2.78. The highest BCUT2D eigenvalue weighted by atomic mass is 16.3. The molecule has 0 saturated carbocycles. The molecule has 1 rings (SSSR count). The second-order valence-corrected chi connectivity index (χ2v) is 2.72. The van der Waals surface area contributed by atoms with Gasteiger partial charge < -0.3 is 15.4 Å². The number of hydrogen-bond acceptors (Lipinski definition) is 4. The lowest BCUT2D eigenvalue weighted by atomic mass is 10.4. The van der Waals surface area contributed by atoms with Crippen molar-refractivity contribution in [3.05, 3.63) is 11.6 Å². The van der Waals surface area contributed by atoms with E-state index in [-0.39, 0.29) is 0 Å². The molecule has 3 N–H and O–H groups in total. The number of hydrogen-bond donors (Lipinski definition) is 2. The molecule has 0 aromatic carbocycles. The van der Waals surface area contributed by atoms with Crippen LogP contribution >= 0.6 is 0 Å². The van der Waals surface area contributed by atoms with Crippen molar-refractivity contribution in [1.82, 2.24) is 14.8 Å². The minimum Gasteiger partial charge on any atom is -0.385 e. The summed E-state index contributed by atoms with van der Waals surface area (Å²) in [5.41, 5.74) is 5.40. The molecular formula is C7H14N4O. The highest BCUT2D eigenvalue weighted by Crippen LogP contribution is 2.09. The minimum atomic E-state index is -0.585. The van der Waals surface area contributed by atoms with Crippen molar-refractivity contribution in [3.8, 4) is 0 Å². The molecule has 1 aromatic rings. The molecule has 1 heterocycles. The molecule has 0 spiro atoms. The second-order valence-electron chi connectivity index (χ2n) is 2.72. The Bertz CT molecular complexity index is 256. The van der Waals surface area contributed by atoms with E-state index in [9.17, 15) is 5.11 Å². The van der Waals surface area contributed by atoms with E-state index < -0.39 is 6.10 Å². The number of nitrogens with zero attached hydrogens (tertiary/aromatic N) is 3. The molecule has 0 aliphatic heterocycles. The molecule has 68 valence electrons. The summed E-state index contributed by atoms with van der Waals surface area (Å²) >= 11 is 0. The van der Waals surface area contributed by atoms with Gasteiger partial charge >= 0.3 is 0 Å². The molecule has 0 amide bonds. The normalized spacial score (nSPS) is 13.3. The van der Waals surface area contributed by atoms with E-state index in [4.69, 9.17) is 5.73 Å². The van der Waals surface area contributed by atoms with Crippen LogP contribution in [-0.4, -0.2) is 26.4 Å². The van der Waals surface area contributed by atoms with Gasteiger partial charge in [0.05, 0.1) is 0 Å². The Morgan fingerprint density at radius 3 is 2.75 bits per heavy atom. The van der Waals surface area contributed by atoms with E-state index in [0.717, 1.165) is 5.82 Å². The predicted molar refractivity (Wildman–Crippen MR) is 44.4 cm³/mol. The van der Waals surface area contributed by atoms with Gasteiger partial charge in [0.1, 0.15) is 11.9 Å². The molecule has 0 aliphatic rings. The SMILES string of the molecule is Cc1nnc(C(C)O)n1CCN. The quantitative estimate of drug-likeness (QED) is 0.647. The van der Waals surface area contributed by atoms with E-state index in [1.54, 1.807) is 6.92 Å². The molecule has 0 bridgehead atoms. The lowest BCUT2D eigenvalue weighted by molar-refractivity contribution is 0.183. The molecule has 1 unspecified atom stereocenters. The van der Waals surface area contributed by atoms with Crippen molar-refractivity contribution in [2.75, 3.05) is 6.54 Å². The number of aromatic nitrogens is 3. The summed E-state index contributed by atoms with van der Waals surface area (Å²) in [7, 11) is 0. The number of aryl methyl sites for hydroxylation is 1. The molecular weight excluding hydrogens is 156 g/mol. The Balaban J connectivity index is 2.95. The molecule has 5 nitrogen and oxygen atoms in total. The summed E-state index contributed by atoms with van der Waals surface area (Å²) in [5, 5.41) is 17.0. The zero-order valence-corrected chi connectivity index (χ0v) is 7.36. The molecule has 0 aliphatic carbocycles. The van der Waals surface area contributed by atoms with Crippen molar-refractivity contribution in [2.45, 2.75) is 26.5 Å². The van der Waals surface area contributed by atoms with Crippen LogP contribution in [-0.2, 0) is 6.54 Å². The summed E-state index contributed by atoms with van der Waals surface area (Å²) in [6.07, 6.45) is -0.585. The smallest absolute Gasteiger partial charge is 0.161 e. The van der Waals surface area contributed by atoms with Gasteiger partial charge in [-0.05, 0) is 13.8 Å². The van der Waals surface area contributed by atoms with Gasteiger partial charge in [-0.15, -0.1) is 10.2 Å². The van der Waals surface area contributed by atoms with Crippen LogP contribution in [0.1, 0.15) is 24.7 Å². The van der Waals surface area contributed by atoms with Crippen molar-refractivity contribution < 1.29 is 5.11 Å². The Morgan fingerprint density at radius 2 is 2.25 bits per heavy atom. The van der Waals surface area contributed by atoms with Crippen LogP contribution in [0.4, 0.5) is 0 Å². The highest BCUT2D eigenvalue weighted by Gasteiger charge is 2.11. The van der Waals surface area contributed by atoms with E-state index in [0.29, 0.717) is 18.9 Å². The van der Waals surface area contributed by atoms with Crippen LogP contribution < -0.4 is 5.73 Å². The van der Waals surface area contributed by atoms with Gasteiger partial charge in [0.25, 0.3) is 0 Å². The van der Waals surface area contributed by atoms with Crippen molar-refractivity contribution in [2.24, 2.45) is 5.73 Å². The number of aliphatic hydroxyl groups is 1. The fraction of sp³-hybridized carbons (Fsp3) is 0.714. The first-order valence-corrected chi connectivity index (χ1v) is 3.94. The molecule has 5 heteroatoms. The van der Waals surface area contributed by atoms with Crippen LogP contribution in [0.2, 0.25) is 0 Å². The molecule has 0 saturated heterocycles. The van der Waals surface area contributed by atoms with Gasteiger partial charge in [-0.3, -0.25) is 0 Å². The summed E-state index contributed by atoms with van der Waals surface area (Å²) in [6, 6.07) is 0. The first-order valence-electron chi connectivity index (χ1n) is 3.94. The van der Waals surface area contributed by atoms with Crippen molar-refractivity contribution in [3.63, 3.8) is 0 Å². The van der Waals surface area contributed by atoms with Crippen LogP contribution in [0, 0.1) is 6.92 Å². The average molecular weight is 170 g/mol. The topological polar surface area (TPSA) is 77.0 Å². The maximum atomic E-state index is 9.28. The van der Waals surface area contributed by atoms with Crippen LogP contribution in [0.5, 0.6) is 0 Å². The first kappa shape index (κ1) is 9.15.